The summed E-state index contributed by atoms with van der Waals surface area (Å²) in [6, 6.07) is 10.3. The summed E-state index contributed by atoms with van der Waals surface area (Å²) in [4.78, 5) is 20.4. The summed E-state index contributed by atoms with van der Waals surface area (Å²) in [6.07, 6.45) is 7.28. The number of carbonyl (C=O) groups excluding carboxylic acids is 1. The second kappa shape index (κ2) is 9.26. The molecule has 0 radical (unpaired) electrons. The van der Waals surface area contributed by atoms with E-state index in [9.17, 15) is 4.79 Å². The van der Waals surface area contributed by atoms with E-state index in [1.807, 2.05) is 32.0 Å². The average molecular weight is 372 g/mol. The Hall–Kier alpha value is -1.75. The van der Waals surface area contributed by atoms with Gasteiger partial charge in [0.1, 0.15) is 0 Å². The van der Waals surface area contributed by atoms with Crippen molar-refractivity contribution in [2.24, 2.45) is 5.92 Å². The number of aromatic amines is 1. The lowest BCUT2D eigenvalue weighted by molar-refractivity contribution is -0.120. The molecule has 3 rings (SSSR count). The highest BCUT2D eigenvalue weighted by Gasteiger charge is 2.19. The molecular formula is C21H29N3OS. The number of thioether (sulfide) groups is 1. The number of hydrogen-bond donors (Lipinski definition) is 2. The minimum absolute atomic E-state index is 0.110. The Labute approximate surface area is 160 Å². The van der Waals surface area contributed by atoms with Gasteiger partial charge in [0.2, 0.25) is 5.91 Å². The first-order chi connectivity index (χ1) is 12.6. The van der Waals surface area contributed by atoms with Gasteiger partial charge in [0.25, 0.3) is 0 Å². The van der Waals surface area contributed by atoms with Crippen molar-refractivity contribution in [2.75, 3.05) is 6.54 Å². The van der Waals surface area contributed by atoms with E-state index in [1.165, 1.54) is 49.4 Å². The third kappa shape index (κ3) is 5.37. The van der Waals surface area contributed by atoms with Crippen LogP contribution in [0, 0.1) is 12.8 Å². The summed E-state index contributed by atoms with van der Waals surface area (Å²) in [7, 11) is 0. The maximum atomic E-state index is 12.4. The molecule has 0 aliphatic heterocycles. The smallest absolute Gasteiger partial charge is 0.233 e. The van der Waals surface area contributed by atoms with Crippen molar-refractivity contribution in [3.8, 4) is 0 Å². The molecule has 0 spiro atoms. The lowest BCUT2D eigenvalue weighted by Gasteiger charge is -2.22. The van der Waals surface area contributed by atoms with Crippen molar-refractivity contribution in [3.05, 3.63) is 47.3 Å². The molecule has 140 valence electrons. The lowest BCUT2D eigenvalue weighted by Crippen LogP contribution is -2.35. The summed E-state index contributed by atoms with van der Waals surface area (Å²) in [6.45, 7) is 4.82. The van der Waals surface area contributed by atoms with E-state index in [-0.39, 0.29) is 11.2 Å². The summed E-state index contributed by atoms with van der Waals surface area (Å²) in [5.41, 5.74) is 3.37. The van der Waals surface area contributed by atoms with Gasteiger partial charge in [-0.15, -0.1) is 0 Å². The van der Waals surface area contributed by atoms with Gasteiger partial charge in [0.05, 0.1) is 10.9 Å². The van der Waals surface area contributed by atoms with Crippen LogP contribution in [0.3, 0.4) is 0 Å². The highest BCUT2D eigenvalue weighted by atomic mass is 32.2. The van der Waals surface area contributed by atoms with E-state index in [4.69, 9.17) is 4.98 Å². The van der Waals surface area contributed by atoms with Crippen molar-refractivity contribution in [1.82, 2.24) is 15.3 Å². The first-order valence-electron chi connectivity index (χ1n) is 9.65. The molecule has 1 aliphatic rings. The lowest BCUT2D eigenvalue weighted by atomic mass is 9.89. The van der Waals surface area contributed by atoms with E-state index in [0.717, 1.165) is 29.5 Å². The number of benzene rings is 1. The van der Waals surface area contributed by atoms with Crippen molar-refractivity contribution < 1.29 is 4.79 Å². The van der Waals surface area contributed by atoms with Crippen LogP contribution in [0.1, 0.15) is 56.0 Å². The van der Waals surface area contributed by atoms with Gasteiger partial charge >= 0.3 is 0 Å². The molecule has 0 unspecified atom stereocenters. The van der Waals surface area contributed by atoms with Crippen LogP contribution in [-0.4, -0.2) is 27.7 Å². The molecular weight excluding hydrogens is 342 g/mol. The van der Waals surface area contributed by atoms with Crippen LogP contribution in [0.15, 0.2) is 35.5 Å². The zero-order valence-corrected chi connectivity index (χ0v) is 16.6. The zero-order chi connectivity index (χ0) is 18.4. The fourth-order valence-corrected chi connectivity index (χ4v) is 4.39. The number of amides is 1. The second-order valence-electron chi connectivity index (χ2n) is 7.29. The van der Waals surface area contributed by atoms with Crippen LogP contribution in [-0.2, 0) is 11.2 Å². The third-order valence-corrected chi connectivity index (χ3v) is 6.11. The Kier molecular flexibility index (Phi) is 6.78. The molecule has 1 fully saturated rings. The molecule has 0 saturated heterocycles. The summed E-state index contributed by atoms with van der Waals surface area (Å²) in [5.74, 6) is 0.771. The Bertz CT molecular complexity index is 707. The van der Waals surface area contributed by atoms with Gasteiger partial charge in [-0.2, -0.15) is 0 Å². The van der Waals surface area contributed by atoms with E-state index >= 15 is 0 Å². The van der Waals surface area contributed by atoms with E-state index in [2.05, 4.69) is 22.4 Å². The largest absolute Gasteiger partial charge is 0.355 e. The fourth-order valence-electron chi connectivity index (χ4n) is 3.48. The quantitative estimate of drug-likeness (QED) is 0.705. The van der Waals surface area contributed by atoms with E-state index in [0.29, 0.717) is 5.92 Å². The number of rotatable bonds is 7. The molecule has 1 atom stereocenters. The average Bonchev–Trinajstić information content (AvgIpc) is 3.00. The van der Waals surface area contributed by atoms with Crippen molar-refractivity contribution in [2.45, 2.75) is 62.8 Å². The van der Waals surface area contributed by atoms with Crippen LogP contribution in [0.2, 0.25) is 0 Å². The third-order valence-electron chi connectivity index (χ3n) is 5.13. The maximum absolute atomic E-state index is 12.4. The molecule has 1 aliphatic carbocycles. The highest BCUT2D eigenvalue weighted by molar-refractivity contribution is 8.00. The van der Waals surface area contributed by atoms with Crippen molar-refractivity contribution >= 4 is 17.7 Å². The first-order valence-corrected chi connectivity index (χ1v) is 10.5. The number of aromatic nitrogens is 2. The predicted octanol–water partition coefficient (Wildman–Crippen LogP) is 4.49. The number of nitrogens with one attached hydrogen (secondary N) is 2. The van der Waals surface area contributed by atoms with Crippen LogP contribution in [0.5, 0.6) is 0 Å². The number of H-pyrrole nitrogens is 1. The molecule has 1 aromatic heterocycles. The molecule has 2 N–H and O–H groups in total. The minimum atomic E-state index is -0.145. The van der Waals surface area contributed by atoms with Gasteiger partial charge in [-0.25, -0.2) is 4.98 Å². The molecule has 2 aromatic rings. The Morgan fingerprint density at radius 3 is 2.73 bits per heavy atom. The van der Waals surface area contributed by atoms with Gasteiger partial charge < -0.3 is 10.3 Å². The van der Waals surface area contributed by atoms with Crippen LogP contribution in [0.4, 0.5) is 0 Å². The number of aryl methyl sites for hydroxylation is 1. The molecule has 26 heavy (non-hydrogen) atoms. The molecule has 5 heteroatoms. The van der Waals surface area contributed by atoms with Crippen LogP contribution < -0.4 is 5.32 Å². The van der Waals surface area contributed by atoms with Gasteiger partial charge in [0.15, 0.2) is 5.16 Å². The normalized spacial score (nSPS) is 16.4. The van der Waals surface area contributed by atoms with Gasteiger partial charge in [0, 0.05) is 18.7 Å². The number of hydrogen-bond acceptors (Lipinski definition) is 3. The molecule has 1 amide bonds. The van der Waals surface area contributed by atoms with Gasteiger partial charge in [-0.05, 0) is 38.2 Å². The zero-order valence-electron chi connectivity index (χ0n) is 15.8. The van der Waals surface area contributed by atoms with Crippen molar-refractivity contribution in [3.63, 3.8) is 0 Å². The summed E-state index contributed by atoms with van der Waals surface area (Å²) < 4.78 is 0. The number of imidazole rings is 1. The standard InChI is InChI=1S/C21H29N3OS/c1-15-19(13-17-9-5-3-6-10-17)24-21(23-15)26-16(2)20(25)22-14-18-11-7-4-8-12-18/h3,5-6,9-10,16,18H,4,7-8,11-14H2,1-2H3,(H,22,25)(H,23,24)/t16-/m0/s1. The number of nitrogens with zero attached hydrogens (tertiary/aromatic N) is 1. The fraction of sp³-hybridized carbons (Fsp3) is 0.524. The monoisotopic (exact) mass is 371 g/mol. The SMILES string of the molecule is Cc1[nH]c(S[C@@H](C)C(=O)NCC2CCCCC2)nc1Cc1ccccc1. The van der Waals surface area contributed by atoms with Crippen LogP contribution >= 0.6 is 11.8 Å². The molecule has 0 bridgehead atoms. The van der Waals surface area contributed by atoms with Crippen LogP contribution in [0.25, 0.3) is 0 Å². The number of carbonyl (C=O) groups is 1. The summed E-state index contributed by atoms with van der Waals surface area (Å²) >= 11 is 1.51. The molecule has 1 aromatic carbocycles. The molecule has 1 saturated carbocycles. The summed E-state index contributed by atoms with van der Waals surface area (Å²) in [5, 5.41) is 3.82. The Balaban J connectivity index is 1.51. The first kappa shape index (κ1) is 19.0. The molecule has 1 heterocycles. The topological polar surface area (TPSA) is 57.8 Å². The van der Waals surface area contributed by atoms with E-state index < -0.39 is 0 Å². The van der Waals surface area contributed by atoms with Crippen molar-refractivity contribution in [1.29, 1.82) is 0 Å². The van der Waals surface area contributed by atoms with E-state index in [1.54, 1.807) is 0 Å². The Morgan fingerprint density at radius 2 is 2.00 bits per heavy atom. The van der Waals surface area contributed by atoms with Gasteiger partial charge in [-0.3, -0.25) is 4.79 Å². The highest BCUT2D eigenvalue weighted by Crippen LogP contribution is 2.25. The van der Waals surface area contributed by atoms with Gasteiger partial charge in [-0.1, -0.05) is 61.4 Å². The minimum Gasteiger partial charge on any atom is -0.355 e. The molecule has 4 nitrogen and oxygen atoms in total. The second-order valence-corrected chi connectivity index (χ2v) is 8.61. The maximum Gasteiger partial charge on any atom is 0.233 e. The Morgan fingerprint density at radius 1 is 1.27 bits per heavy atom. The predicted molar refractivity (Wildman–Crippen MR) is 107 cm³/mol.